The zero-order valence-corrected chi connectivity index (χ0v) is 6.43. The number of rotatable bonds is 1. The van der Waals surface area contributed by atoms with Crippen LogP contribution in [0.2, 0.25) is 0 Å². The first-order valence-corrected chi connectivity index (χ1v) is 3.34. The van der Waals surface area contributed by atoms with Gasteiger partial charge in [-0.15, -0.1) is 0 Å². The number of hydrogen-bond donors (Lipinski definition) is 3. The van der Waals surface area contributed by atoms with Crippen molar-refractivity contribution < 1.29 is 10.2 Å². The topological polar surface area (TPSA) is 66.5 Å². The van der Waals surface area contributed by atoms with E-state index >= 15 is 0 Å². The van der Waals surface area contributed by atoms with Gasteiger partial charge in [-0.05, 0) is 12.1 Å². The summed E-state index contributed by atoms with van der Waals surface area (Å²) in [5, 5.41) is 18.0. The van der Waals surface area contributed by atoms with Gasteiger partial charge in [-0.25, -0.2) is 0 Å². The quantitative estimate of drug-likeness (QED) is 0.542. The maximum Gasteiger partial charge on any atom is 0.129 e. The van der Waals surface area contributed by atoms with Crippen LogP contribution in [0.25, 0.3) is 0 Å². The maximum absolute atomic E-state index is 9.13. The van der Waals surface area contributed by atoms with Crippen LogP contribution in [0.1, 0.15) is 5.56 Å². The molecule has 4 N–H and O–H groups in total. The van der Waals surface area contributed by atoms with Gasteiger partial charge in [0.25, 0.3) is 0 Å². The molecule has 0 aliphatic carbocycles. The van der Waals surface area contributed by atoms with Gasteiger partial charge in [0.1, 0.15) is 16.5 Å². The lowest BCUT2D eigenvalue weighted by Crippen LogP contribution is -2.08. The molecule has 58 valence electrons. The molecule has 1 rings (SSSR count). The van der Waals surface area contributed by atoms with E-state index in [-0.39, 0.29) is 16.5 Å². The van der Waals surface area contributed by atoms with E-state index in [2.05, 4.69) is 12.2 Å². The Morgan fingerprint density at radius 1 is 1.36 bits per heavy atom. The summed E-state index contributed by atoms with van der Waals surface area (Å²) in [7, 11) is 0. The number of thiocarbonyl (C=S) groups is 1. The van der Waals surface area contributed by atoms with Gasteiger partial charge < -0.3 is 15.9 Å². The lowest BCUT2D eigenvalue weighted by Gasteiger charge is -2.01. The molecule has 1 aromatic rings. The summed E-state index contributed by atoms with van der Waals surface area (Å²) < 4.78 is 0. The normalized spacial score (nSPS) is 9.45. The first kappa shape index (κ1) is 7.81. The van der Waals surface area contributed by atoms with Crippen molar-refractivity contribution >= 4 is 17.2 Å². The van der Waals surface area contributed by atoms with Gasteiger partial charge in [0.2, 0.25) is 0 Å². The van der Waals surface area contributed by atoms with Crippen LogP contribution in [-0.4, -0.2) is 15.2 Å². The maximum atomic E-state index is 9.13. The molecule has 0 saturated heterocycles. The Hall–Kier alpha value is -1.29. The van der Waals surface area contributed by atoms with Crippen molar-refractivity contribution in [2.45, 2.75) is 0 Å². The van der Waals surface area contributed by atoms with Crippen molar-refractivity contribution in [3.8, 4) is 11.5 Å². The second-order valence-corrected chi connectivity index (χ2v) is 2.51. The molecular formula is C7H7NO2S. The Labute approximate surface area is 69.1 Å². The molecule has 0 amide bonds. The van der Waals surface area contributed by atoms with Gasteiger partial charge in [-0.2, -0.15) is 0 Å². The first-order chi connectivity index (χ1) is 5.11. The Morgan fingerprint density at radius 3 is 2.45 bits per heavy atom. The minimum absolute atomic E-state index is 0.0116. The van der Waals surface area contributed by atoms with Crippen LogP contribution in [0.3, 0.4) is 0 Å². The second-order valence-electron chi connectivity index (χ2n) is 2.07. The number of aromatic hydroxyl groups is 2. The summed E-state index contributed by atoms with van der Waals surface area (Å²) in [5.74, 6) is -0.111. The third-order valence-corrected chi connectivity index (χ3v) is 1.47. The molecule has 0 unspecified atom stereocenters. The van der Waals surface area contributed by atoms with Crippen LogP contribution >= 0.6 is 12.2 Å². The summed E-state index contributed by atoms with van der Waals surface area (Å²) in [5.41, 5.74) is 5.63. The SMILES string of the molecule is NC(=S)c1ccc(O)cc1O. The lowest BCUT2D eigenvalue weighted by molar-refractivity contribution is 0.450. The fraction of sp³-hybridized carbons (Fsp3) is 0. The van der Waals surface area contributed by atoms with Crippen molar-refractivity contribution in [1.82, 2.24) is 0 Å². The second kappa shape index (κ2) is 2.75. The zero-order chi connectivity index (χ0) is 8.43. The van der Waals surface area contributed by atoms with Gasteiger partial charge >= 0.3 is 0 Å². The smallest absolute Gasteiger partial charge is 0.129 e. The Bertz CT molecular complexity index is 298. The van der Waals surface area contributed by atoms with Gasteiger partial charge in [-0.3, -0.25) is 0 Å². The van der Waals surface area contributed by atoms with Gasteiger partial charge in [-0.1, -0.05) is 12.2 Å². The van der Waals surface area contributed by atoms with E-state index in [0.29, 0.717) is 5.56 Å². The van der Waals surface area contributed by atoms with Gasteiger partial charge in [0.15, 0.2) is 0 Å². The van der Waals surface area contributed by atoms with Crippen LogP contribution in [0, 0.1) is 0 Å². The molecule has 0 aromatic heterocycles. The van der Waals surface area contributed by atoms with Crippen LogP contribution in [0.5, 0.6) is 11.5 Å². The molecule has 0 aliphatic heterocycles. The molecule has 1 aromatic carbocycles. The molecule has 0 atom stereocenters. The summed E-state index contributed by atoms with van der Waals surface area (Å²) >= 11 is 4.63. The van der Waals surface area contributed by atoms with Crippen molar-refractivity contribution in [1.29, 1.82) is 0 Å². The van der Waals surface area contributed by atoms with Gasteiger partial charge in [0, 0.05) is 6.07 Å². The first-order valence-electron chi connectivity index (χ1n) is 2.93. The molecule has 0 bridgehead atoms. The van der Waals surface area contributed by atoms with Crippen molar-refractivity contribution in [2.75, 3.05) is 0 Å². The van der Waals surface area contributed by atoms with Crippen molar-refractivity contribution in [3.63, 3.8) is 0 Å². The van der Waals surface area contributed by atoms with E-state index in [4.69, 9.17) is 15.9 Å². The summed E-state index contributed by atoms with van der Waals surface area (Å²) in [6.45, 7) is 0. The fourth-order valence-corrected chi connectivity index (χ4v) is 0.901. The lowest BCUT2D eigenvalue weighted by atomic mass is 10.2. The highest BCUT2D eigenvalue weighted by Gasteiger charge is 2.03. The van der Waals surface area contributed by atoms with E-state index in [1.165, 1.54) is 18.2 Å². The minimum atomic E-state index is -0.0995. The van der Waals surface area contributed by atoms with E-state index in [1.807, 2.05) is 0 Å². The number of nitrogens with two attached hydrogens (primary N) is 1. The van der Waals surface area contributed by atoms with Crippen LogP contribution in [0.15, 0.2) is 18.2 Å². The van der Waals surface area contributed by atoms with Crippen molar-refractivity contribution in [2.24, 2.45) is 5.73 Å². The Kier molecular flexibility index (Phi) is 1.96. The zero-order valence-electron chi connectivity index (χ0n) is 5.61. The summed E-state index contributed by atoms with van der Waals surface area (Å²) in [6, 6.07) is 4.07. The predicted molar refractivity (Wildman–Crippen MR) is 45.7 cm³/mol. The van der Waals surface area contributed by atoms with Crippen LogP contribution < -0.4 is 5.73 Å². The molecule has 0 radical (unpaired) electrons. The largest absolute Gasteiger partial charge is 0.508 e. The van der Waals surface area contributed by atoms with E-state index < -0.39 is 0 Å². The number of phenols is 2. The Balaban J connectivity index is 3.20. The average molecular weight is 169 g/mol. The third kappa shape index (κ3) is 1.59. The van der Waals surface area contributed by atoms with Gasteiger partial charge in [0.05, 0.1) is 5.56 Å². The standard InChI is InChI=1S/C7H7NO2S/c8-7(11)5-2-1-4(9)3-6(5)10/h1-3,9-10H,(H2,8,11). The Morgan fingerprint density at radius 2 is 2.00 bits per heavy atom. The molecular weight excluding hydrogens is 162 g/mol. The minimum Gasteiger partial charge on any atom is -0.508 e. The van der Waals surface area contributed by atoms with Crippen LogP contribution in [0.4, 0.5) is 0 Å². The van der Waals surface area contributed by atoms with E-state index in [9.17, 15) is 0 Å². The van der Waals surface area contributed by atoms with E-state index in [1.54, 1.807) is 0 Å². The summed E-state index contributed by atoms with van der Waals surface area (Å²) in [6.07, 6.45) is 0. The molecule has 0 heterocycles. The highest BCUT2D eigenvalue weighted by Crippen LogP contribution is 2.21. The molecule has 4 heteroatoms. The number of phenolic OH excluding ortho intramolecular Hbond substituents is 2. The summed E-state index contributed by atoms with van der Waals surface area (Å²) in [4.78, 5) is 0.113. The molecule has 0 aliphatic rings. The fourth-order valence-electron chi connectivity index (χ4n) is 0.728. The molecule has 0 spiro atoms. The predicted octanol–water partition coefficient (Wildman–Crippen LogP) is 0.732. The number of benzene rings is 1. The monoisotopic (exact) mass is 169 g/mol. The molecule has 11 heavy (non-hydrogen) atoms. The molecule has 3 nitrogen and oxygen atoms in total. The van der Waals surface area contributed by atoms with Crippen LogP contribution in [-0.2, 0) is 0 Å². The van der Waals surface area contributed by atoms with E-state index in [0.717, 1.165) is 0 Å². The highest BCUT2D eigenvalue weighted by atomic mass is 32.1. The number of hydrogen-bond acceptors (Lipinski definition) is 3. The molecule has 0 fully saturated rings. The van der Waals surface area contributed by atoms with Crippen molar-refractivity contribution in [3.05, 3.63) is 23.8 Å². The highest BCUT2D eigenvalue weighted by molar-refractivity contribution is 7.80. The average Bonchev–Trinajstić information content (AvgIpc) is 1.85. The third-order valence-electron chi connectivity index (χ3n) is 1.25. The molecule has 0 saturated carbocycles.